The minimum absolute atomic E-state index is 0.0240. The molecule has 0 spiro atoms. The van der Waals surface area contributed by atoms with E-state index in [0.29, 0.717) is 24.3 Å². The third-order valence-electron chi connectivity index (χ3n) is 4.88. The van der Waals surface area contributed by atoms with Crippen molar-refractivity contribution in [3.63, 3.8) is 0 Å². The first-order valence-corrected chi connectivity index (χ1v) is 8.25. The Bertz CT molecular complexity index is 756. The second-order valence-corrected chi connectivity index (χ2v) is 6.16. The van der Waals surface area contributed by atoms with Crippen LogP contribution in [0.4, 0.5) is 0 Å². The molecule has 0 bridgehead atoms. The van der Waals surface area contributed by atoms with Gasteiger partial charge in [0.25, 0.3) is 0 Å². The largest absolute Gasteiger partial charge is 0.497 e. The Morgan fingerprint density at radius 3 is 2.16 bits per heavy atom. The number of rotatable bonds is 5. The van der Waals surface area contributed by atoms with Crippen molar-refractivity contribution >= 4 is 0 Å². The Kier molecular flexibility index (Phi) is 5.04. The molecule has 1 aliphatic carbocycles. The third kappa shape index (κ3) is 3.24. The van der Waals surface area contributed by atoms with Gasteiger partial charge in [-0.1, -0.05) is 6.07 Å². The van der Waals surface area contributed by atoms with Crippen molar-refractivity contribution in [2.75, 3.05) is 28.4 Å². The van der Waals surface area contributed by atoms with Crippen LogP contribution < -0.4 is 18.9 Å². The second kappa shape index (κ2) is 7.23. The Balaban J connectivity index is 1.99. The number of fused-ring (bicyclic) bond motifs is 1. The number of aliphatic hydroxyl groups is 1. The molecule has 0 saturated heterocycles. The molecule has 0 heterocycles. The van der Waals surface area contributed by atoms with Gasteiger partial charge in [-0.05, 0) is 35.7 Å². The second-order valence-electron chi connectivity index (χ2n) is 6.16. The van der Waals surface area contributed by atoms with Crippen LogP contribution in [0.1, 0.15) is 22.6 Å². The molecule has 2 aromatic carbocycles. The zero-order valence-corrected chi connectivity index (χ0v) is 15.0. The number of methoxy groups -OCH3 is 4. The van der Waals surface area contributed by atoms with E-state index in [1.54, 1.807) is 28.4 Å². The maximum Gasteiger partial charge on any atom is 0.160 e. The van der Waals surface area contributed by atoms with Gasteiger partial charge in [0.1, 0.15) is 11.5 Å². The van der Waals surface area contributed by atoms with Gasteiger partial charge in [-0.15, -0.1) is 0 Å². The normalized spacial score (nSPS) is 19.1. The van der Waals surface area contributed by atoms with Gasteiger partial charge in [0.2, 0.25) is 0 Å². The Morgan fingerprint density at radius 2 is 1.52 bits per heavy atom. The van der Waals surface area contributed by atoms with Gasteiger partial charge < -0.3 is 24.1 Å². The molecule has 0 aromatic heterocycles. The molecule has 134 valence electrons. The van der Waals surface area contributed by atoms with E-state index in [4.69, 9.17) is 18.9 Å². The van der Waals surface area contributed by atoms with Gasteiger partial charge >= 0.3 is 0 Å². The fourth-order valence-electron chi connectivity index (χ4n) is 3.54. The van der Waals surface area contributed by atoms with Crippen molar-refractivity contribution in [2.45, 2.75) is 24.9 Å². The van der Waals surface area contributed by atoms with Crippen molar-refractivity contribution in [1.29, 1.82) is 0 Å². The Morgan fingerprint density at radius 1 is 0.800 bits per heavy atom. The molecule has 2 aromatic rings. The summed E-state index contributed by atoms with van der Waals surface area (Å²) in [4.78, 5) is 0. The molecule has 2 atom stereocenters. The van der Waals surface area contributed by atoms with E-state index in [2.05, 4.69) is 0 Å². The molecule has 5 heteroatoms. The smallest absolute Gasteiger partial charge is 0.160 e. The van der Waals surface area contributed by atoms with Crippen molar-refractivity contribution in [2.24, 2.45) is 0 Å². The highest BCUT2D eigenvalue weighted by molar-refractivity contribution is 5.51. The minimum atomic E-state index is -0.493. The highest BCUT2D eigenvalue weighted by Crippen LogP contribution is 2.41. The molecule has 0 saturated carbocycles. The van der Waals surface area contributed by atoms with Gasteiger partial charge in [0.05, 0.1) is 34.5 Å². The van der Waals surface area contributed by atoms with Crippen LogP contribution in [0, 0.1) is 0 Å². The summed E-state index contributed by atoms with van der Waals surface area (Å²) in [5.41, 5.74) is 3.21. The number of benzene rings is 2. The quantitative estimate of drug-likeness (QED) is 0.904. The van der Waals surface area contributed by atoms with E-state index in [1.807, 2.05) is 30.3 Å². The summed E-state index contributed by atoms with van der Waals surface area (Å²) in [5, 5.41) is 10.7. The van der Waals surface area contributed by atoms with Crippen LogP contribution in [0.2, 0.25) is 0 Å². The molecule has 0 fully saturated rings. The van der Waals surface area contributed by atoms with Gasteiger partial charge in [0.15, 0.2) is 11.5 Å². The molecule has 25 heavy (non-hydrogen) atoms. The molecular formula is C20H24O5. The summed E-state index contributed by atoms with van der Waals surface area (Å²) in [5.74, 6) is 2.85. The average Bonchev–Trinajstić information content (AvgIpc) is 2.66. The van der Waals surface area contributed by atoms with E-state index in [0.717, 1.165) is 28.2 Å². The summed E-state index contributed by atoms with van der Waals surface area (Å²) in [6.07, 6.45) is 0.758. The molecule has 0 radical (unpaired) electrons. The fourth-order valence-corrected chi connectivity index (χ4v) is 3.54. The van der Waals surface area contributed by atoms with Gasteiger partial charge in [0, 0.05) is 24.0 Å². The predicted molar refractivity (Wildman–Crippen MR) is 95.2 cm³/mol. The molecule has 0 aliphatic heterocycles. The Labute approximate surface area is 148 Å². The summed E-state index contributed by atoms with van der Waals surface area (Å²) in [7, 11) is 6.51. The van der Waals surface area contributed by atoms with Crippen LogP contribution in [0.15, 0.2) is 30.3 Å². The minimum Gasteiger partial charge on any atom is -0.497 e. The van der Waals surface area contributed by atoms with Crippen LogP contribution in [-0.4, -0.2) is 39.6 Å². The summed E-state index contributed by atoms with van der Waals surface area (Å²) in [6.45, 7) is 0. The predicted octanol–water partition coefficient (Wildman–Crippen LogP) is 2.96. The Hall–Kier alpha value is -2.40. The zero-order valence-electron chi connectivity index (χ0n) is 15.0. The van der Waals surface area contributed by atoms with Gasteiger partial charge in [-0.25, -0.2) is 0 Å². The van der Waals surface area contributed by atoms with E-state index in [-0.39, 0.29) is 5.92 Å². The van der Waals surface area contributed by atoms with Gasteiger partial charge in [-0.2, -0.15) is 0 Å². The zero-order chi connectivity index (χ0) is 18.0. The molecule has 3 rings (SSSR count). The molecule has 0 unspecified atom stereocenters. The number of hydrogen-bond donors (Lipinski definition) is 1. The van der Waals surface area contributed by atoms with E-state index in [1.165, 1.54) is 0 Å². The first-order chi connectivity index (χ1) is 12.1. The van der Waals surface area contributed by atoms with E-state index < -0.39 is 6.10 Å². The highest BCUT2D eigenvalue weighted by Gasteiger charge is 2.31. The molecule has 0 amide bonds. The maximum absolute atomic E-state index is 10.7. The van der Waals surface area contributed by atoms with Crippen LogP contribution in [0.5, 0.6) is 23.0 Å². The van der Waals surface area contributed by atoms with Gasteiger partial charge in [-0.3, -0.25) is 0 Å². The van der Waals surface area contributed by atoms with Crippen LogP contribution in [0.25, 0.3) is 0 Å². The summed E-state index contributed by atoms with van der Waals surface area (Å²) >= 11 is 0. The standard InChI is InChI=1S/C20H24O5/c1-22-14-7-13-8-15(17(21)11-16(13)19(10-14)24-3)12-5-6-18(23-2)20(9-12)25-4/h5-7,9-10,15,17,21H,8,11H2,1-4H3/t15-,17+/m1/s1. The summed E-state index contributed by atoms with van der Waals surface area (Å²) < 4.78 is 21.6. The monoisotopic (exact) mass is 344 g/mol. The van der Waals surface area contributed by atoms with Crippen LogP contribution >= 0.6 is 0 Å². The topological polar surface area (TPSA) is 57.2 Å². The van der Waals surface area contributed by atoms with Crippen molar-refractivity contribution in [1.82, 2.24) is 0 Å². The average molecular weight is 344 g/mol. The molecule has 1 N–H and O–H groups in total. The van der Waals surface area contributed by atoms with Crippen molar-refractivity contribution < 1.29 is 24.1 Å². The number of aliphatic hydroxyl groups excluding tert-OH is 1. The third-order valence-corrected chi connectivity index (χ3v) is 4.88. The highest BCUT2D eigenvalue weighted by atomic mass is 16.5. The molecule has 5 nitrogen and oxygen atoms in total. The maximum atomic E-state index is 10.7. The first-order valence-electron chi connectivity index (χ1n) is 8.25. The molecular weight excluding hydrogens is 320 g/mol. The van der Waals surface area contributed by atoms with Crippen molar-refractivity contribution in [3.05, 3.63) is 47.0 Å². The lowest BCUT2D eigenvalue weighted by Crippen LogP contribution is -2.28. The lowest BCUT2D eigenvalue weighted by molar-refractivity contribution is 0.133. The van der Waals surface area contributed by atoms with E-state index >= 15 is 0 Å². The fraction of sp³-hybridized carbons (Fsp3) is 0.400. The lowest BCUT2D eigenvalue weighted by atomic mass is 9.77. The first kappa shape index (κ1) is 17.4. The SMILES string of the molecule is COc1cc2c(c(OC)c1)C[C@H](O)[C@@H](c1ccc(OC)c(OC)c1)C2. The molecule has 1 aliphatic rings. The van der Waals surface area contributed by atoms with Crippen LogP contribution in [-0.2, 0) is 12.8 Å². The summed E-state index contributed by atoms with van der Waals surface area (Å²) in [6, 6.07) is 9.69. The number of ether oxygens (including phenoxy) is 4. The van der Waals surface area contributed by atoms with E-state index in [9.17, 15) is 5.11 Å². The number of hydrogen-bond acceptors (Lipinski definition) is 5. The van der Waals surface area contributed by atoms with Crippen LogP contribution in [0.3, 0.4) is 0 Å². The van der Waals surface area contributed by atoms with Crippen molar-refractivity contribution in [3.8, 4) is 23.0 Å². The lowest BCUT2D eigenvalue weighted by Gasteiger charge is -2.31.